The Kier molecular flexibility index (Phi) is 4.83. The van der Waals surface area contributed by atoms with Gasteiger partial charge < -0.3 is 15.2 Å². The van der Waals surface area contributed by atoms with E-state index in [0.29, 0.717) is 30.7 Å². The van der Waals surface area contributed by atoms with Crippen LogP contribution in [0.5, 0.6) is 0 Å². The summed E-state index contributed by atoms with van der Waals surface area (Å²) >= 11 is 0. The first-order chi connectivity index (χ1) is 9.63. The zero-order valence-electron chi connectivity index (χ0n) is 11.6. The number of aromatic nitrogens is 4. The van der Waals surface area contributed by atoms with E-state index in [2.05, 4.69) is 15.4 Å². The van der Waals surface area contributed by atoms with Crippen molar-refractivity contribution in [1.82, 2.24) is 24.6 Å². The number of aliphatic hydroxyl groups is 1. The summed E-state index contributed by atoms with van der Waals surface area (Å²) in [5, 5.41) is 17.4. The fourth-order valence-electron chi connectivity index (χ4n) is 1.93. The lowest BCUT2D eigenvalue weighted by Gasteiger charge is -2.13. The van der Waals surface area contributed by atoms with E-state index in [1.807, 2.05) is 0 Å². The van der Waals surface area contributed by atoms with E-state index < -0.39 is 6.10 Å². The van der Waals surface area contributed by atoms with Gasteiger partial charge >= 0.3 is 0 Å². The average molecular weight is 281 g/mol. The highest BCUT2D eigenvalue weighted by Crippen LogP contribution is 2.03. The Morgan fingerprint density at radius 3 is 3.10 bits per heavy atom. The van der Waals surface area contributed by atoms with Gasteiger partial charge in [0.1, 0.15) is 11.7 Å². The lowest BCUT2D eigenvalue weighted by Crippen LogP contribution is -2.35. The van der Waals surface area contributed by atoms with Crippen molar-refractivity contribution in [2.45, 2.75) is 12.6 Å². The predicted octanol–water partition coefficient (Wildman–Crippen LogP) is -1.27. The van der Waals surface area contributed by atoms with Crippen LogP contribution in [0.4, 0.5) is 0 Å². The van der Waals surface area contributed by atoms with E-state index in [-0.39, 0.29) is 12.1 Å². The molecule has 0 saturated heterocycles. The summed E-state index contributed by atoms with van der Waals surface area (Å²) in [4.78, 5) is 16.3. The number of aryl methyl sites for hydroxylation is 1. The fraction of sp³-hybridized carbons (Fsp3) is 0.583. The summed E-state index contributed by atoms with van der Waals surface area (Å²) in [5.74, 6) is 0. The van der Waals surface area contributed by atoms with Crippen molar-refractivity contribution in [3.05, 3.63) is 22.9 Å². The second-order valence-corrected chi connectivity index (χ2v) is 4.56. The molecule has 8 heteroatoms. The third-order valence-corrected chi connectivity index (χ3v) is 2.99. The molecule has 8 nitrogen and oxygen atoms in total. The second-order valence-electron chi connectivity index (χ2n) is 4.56. The molecular weight excluding hydrogens is 262 g/mol. The summed E-state index contributed by atoms with van der Waals surface area (Å²) in [6, 6.07) is 0. The number of rotatable bonds is 7. The number of hydrogen-bond donors (Lipinski definition) is 2. The molecule has 0 aliphatic heterocycles. The highest BCUT2D eigenvalue weighted by atomic mass is 16.5. The molecule has 2 aromatic rings. The van der Waals surface area contributed by atoms with Crippen LogP contribution in [-0.2, 0) is 18.3 Å². The highest BCUT2D eigenvalue weighted by Gasteiger charge is 2.11. The van der Waals surface area contributed by atoms with Crippen molar-refractivity contribution in [2.24, 2.45) is 7.05 Å². The van der Waals surface area contributed by atoms with E-state index in [9.17, 15) is 9.90 Å². The third-order valence-electron chi connectivity index (χ3n) is 2.99. The van der Waals surface area contributed by atoms with Gasteiger partial charge in [-0.05, 0) is 0 Å². The minimum Gasteiger partial charge on any atom is -0.390 e. The molecule has 20 heavy (non-hydrogen) atoms. The molecule has 0 amide bonds. The van der Waals surface area contributed by atoms with Gasteiger partial charge in [0.25, 0.3) is 5.56 Å². The average Bonchev–Trinajstić information content (AvgIpc) is 2.80. The van der Waals surface area contributed by atoms with Crippen molar-refractivity contribution in [2.75, 3.05) is 26.8 Å². The van der Waals surface area contributed by atoms with Crippen molar-refractivity contribution >= 4 is 11.0 Å². The van der Waals surface area contributed by atoms with Gasteiger partial charge in [-0.3, -0.25) is 14.0 Å². The van der Waals surface area contributed by atoms with E-state index in [1.54, 1.807) is 18.8 Å². The number of hydrogen-bond acceptors (Lipinski definition) is 6. The lowest BCUT2D eigenvalue weighted by molar-refractivity contribution is 0.142. The molecule has 0 aliphatic rings. The number of methoxy groups -OCH3 is 1. The zero-order valence-corrected chi connectivity index (χ0v) is 11.6. The van der Waals surface area contributed by atoms with Crippen LogP contribution in [0.25, 0.3) is 11.0 Å². The molecule has 0 fully saturated rings. The van der Waals surface area contributed by atoms with Crippen molar-refractivity contribution in [3.63, 3.8) is 0 Å². The molecule has 0 aromatic carbocycles. The molecule has 0 saturated carbocycles. The molecule has 2 rings (SSSR count). The Hall–Kier alpha value is -1.77. The number of nitrogens with zero attached hydrogens (tertiary/aromatic N) is 4. The Labute approximate surface area is 116 Å². The fourth-order valence-corrected chi connectivity index (χ4v) is 1.93. The Morgan fingerprint density at radius 1 is 1.55 bits per heavy atom. The Balaban J connectivity index is 2.02. The Bertz CT molecular complexity index is 621. The molecule has 0 aliphatic carbocycles. The summed E-state index contributed by atoms with van der Waals surface area (Å²) in [6.45, 7) is 1.82. The van der Waals surface area contributed by atoms with Gasteiger partial charge in [-0.25, -0.2) is 4.98 Å². The smallest absolute Gasteiger partial charge is 0.264 e. The van der Waals surface area contributed by atoms with E-state index >= 15 is 0 Å². The molecule has 2 N–H and O–H groups in total. The van der Waals surface area contributed by atoms with Crippen LogP contribution < -0.4 is 10.9 Å². The van der Waals surface area contributed by atoms with Crippen LogP contribution in [0.15, 0.2) is 17.3 Å². The molecular formula is C12H19N5O3. The monoisotopic (exact) mass is 281 g/mol. The van der Waals surface area contributed by atoms with Crippen molar-refractivity contribution in [1.29, 1.82) is 0 Å². The van der Waals surface area contributed by atoms with Crippen molar-refractivity contribution in [3.8, 4) is 0 Å². The molecule has 2 heterocycles. The Morgan fingerprint density at radius 2 is 2.35 bits per heavy atom. The number of ether oxygens (including phenoxy) is 1. The summed E-state index contributed by atoms with van der Waals surface area (Å²) in [7, 11) is 3.35. The third kappa shape index (κ3) is 3.21. The summed E-state index contributed by atoms with van der Waals surface area (Å²) in [5.41, 5.74) is 0.345. The maximum atomic E-state index is 12.2. The molecule has 0 spiro atoms. The first kappa shape index (κ1) is 14.6. The summed E-state index contributed by atoms with van der Waals surface area (Å²) < 4.78 is 7.83. The van der Waals surface area contributed by atoms with Crippen molar-refractivity contribution < 1.29 is 9.84 Å². The lowest BCUT2D eigenvalue weighted by atomic mass is 10.3. The van der Waals surface area contributed by atoms with Crippen LogP contribution in [0, 0.1) is 0 Å². The minimum absolute atomic E-state index is 0.191. The normalized spacial score (nSPS) is 12.9. The van der Waals surface area contributed by atoms with E-state index in [4.69, 9.17) is 4.74 Å². The molecule has 0 radical (unpaired) electrons. The first-order valence-corrected chi connectivity index (χ1v) is 6.38. The number of fused-ring (bicyclic) bond motifs is 1. The maximum absolute atomic E-state index is 12.2. The quantitative estimate of drug-likeness (QED) is 0.614. The predicted molar refractivity (Wildman–Crippen MR) is 73.5 cm³/mol. The van der Waals surface area contributed by atoms with Crippen LogP contribution in [0.2, 0.25) is 0 Å². The molecule has 0 bridgehead atoms. The zero-order chi connectivity index (χ0) is 14.5. The van der Waals surface area contributed by atoms with Gasteiger partial charge in [-0.15, -0.1) is 0 Å². The van der Waals surface area contributed by atoms with Crippen LogP contribution >= 0.6 is 0 Å². The maximum Gasteiger partial charge on any atom is 0.264 e. The van der Waals surface area contributed by atoms with Crippen LogP contribution in [0.1, 0.15) is 0 Å². The number of aliphatic hydroxyl groups excluding tert-OH is 1. The molecule has 1 atom stereocenters. The molecule has 110 valence electrons. The largest absolute Gasteiger partial charge is 0.390 e. The van der Waals surface area contributed by atoms with E-state index in [1.165, 1.54) is 17.1 Å². The number of nitrogens with one attached hydrogen (secondary N) is 1. The molecule has 1 unspecified atom stereocenters. The van der Waals surface area contributed by atoms with Gasteiger partial charge in [0, 0.05) is 27.2 Å². The molecule has 2 aromatic heterocycles. The second kappa shape index (κ2) is 6.60. The van der Waals surface area contributed by atoms with E-state index in [0.717, 1.165) is 0 Å². The van der Waals surface area contributed by atoms with Gasteiger partial charge in [0.05, 0.1) is 25.5 Å². The van der Waals surface area contributed by atoms with Crippen LogP contribution in [-0.4, -0.2) is 57.3 Å². The highest BCUT2D eigenvalue weighted by molar-refractivity contribution is 5.72. The van der Waals surface area contributed by atoms with Gasteiger partial charge in [-0.2, -0.15) is 5.10 Å². The summed E-state index contributed by atoms with van der Waals surface area (Å²) in [6.07, 6.45) is 2.26. The van der Waals surface area contributed by atoms with Gasteiger partial charge in [0.15, 0.2) is 5.65 Å². The van der Waals surface area contributed by atoms with Gasteiger partial charge in [0.2, 0.25) is 0 Å². The first-order valence-electron chi connectivity index (χ1n) is 6.38. The van der Waals surface area contributed by atoms with Crippen LogP contribution in [0.3, 0.4) is 0 Å². The SMILES string of the molecule is COCCNCC(O)Cn1cnc2c(cnn2C)c1=O. The van der Waals surface area contributed by atoms with Gasteiger partial charge in [-0.1, -0.05) is 0 Å². The standard InChI is InChI=1S/C12H19N5O3/c1-16-11-10(6-15-16)12(19)17(8-14-11)7-9(18)5-13-3-4-20-2/h6,8-9,13,18H,3-5,7H2,1-2H3. The minimum atomic E-state index is -0.666. The topological polar surface area (TPSA) is 94.2 Å².